The predicted molar refractivity (Wildman–Crippen MR) is 88.0 cm³/mol. The van der Waals surface area contributed by atoms with E-state index < -0.39 is 0 Å². The molecule has 0 aliphatic carbocycles. The van der Waals surface area contributed by atoms with E-state index in [-0.39, 0.29) is 36.8 Å². The minimum absolute atomic E-state index is 0. The summed E-state index contributed by atoms with van der Waals surface area (Å²) >= 11 is 0. The monoisotopic (exact) mass is 325 g/mol. The molecule has 2 aliphatic rings. The van der Waals surface area contributed by atoms with Crippen molar-refractivity contribution in [2.45, 2.75) is 45.1 Å². The van der Waals surface area contributed by atoms with Gasteiger partial charge < -0.3 is 15.5 Å². The Morgan fingerprint density at radius 3 is 2.50 bits per heavy atom. The average Bonchev–Trinajstić information content (AvgIpc) is 2.42. The van der Waals surface area contributed by atoms with Crippen LogP contribution in [0.15, 0.2) is 0 Å². The van der Waals surface area contributed by atoms with Crippen LogP contribution >= 0.6 is 24.8 Å². The SMILES string of the molecule is CC1CCN(CCNC(=O)[C@@H]2CCCCN2)CC1.Cl.Cl. The minimum atomic E-state index is 0. The molecule has 0 radical (unpaired) electrons. The van der Waals surface area contributed by atoms with E-state index in [1.165, 1.54) is 38.8 Å². The number of likely N-dealkylation sites (tertiary alicyclic amines) is 1. The third kappa shape index (κ3) is 6.61. The van der Waals surface area contributed by atoms with Crippen LogP contribution in [0.4, 0.5) is 0 Å². The molecule has 20 heavy (non-hydrogen) atoms. The van der Waals surface area contributed by atoms with Crippen molar-refractivity contribution < 1.29 is 4.79 Å². The first-order chi connectivity index (χ1) is 8.75. The molecule has 0 aromatic carbocycles. The number of hydrogen-bond acceptors (Lipinski definition) is 3. The van der Waals surface area contributed by atoms with E-state index in [1.807, 2.05) is 0 Å². The molecule has 0 spiro atoms. The van der Waals surface area contributed by atoms with Crippen LogP contribution in [0.2, 0.25) is 0 Å². The first-order valence-electron chi connectivity index (χ1n) is 7.49. The van der Waals surface area contributed by atoms with Gasteiger partial charge in [0.15, 0.2) is 0 Å². The molecular weight excluding hydrogens is 297 g/mol. The normalized spacial score (nSPS) is 24.4. The van der Waals surface area contributed by atoms with Crippen LogP contribution in [-0.2, 0) is 4.79 Å². The molecule has 0 saturated carbocycles. The van der Waals surface area contributed by atoms with Crippen molar-refractivity contribution >= 4 is 30.7 Å². The van der Waals surface area contributed by atoms with Gasteiger partial charge in [-0.15, -0.1) is 24.8 Å². The van der Waals surface area contributed by atoms with Gasteiger partial charge in [-0.25, -0.2) is 0 Å². The number of nitrogens with one attached hydrogen (secondary N) is 2. The molecular formula is C14H29Cl2N3O. The van der Waals surface area contributed by atoms with E-state index in [0.717, 1.165) is 32.0 Å². The zero-order chi connectivity index (χ0) is 12.8. The molecule has 0 aromatic rings. The van der Waals surface area contributed by atoms with Gasteiger partial charge in [0.05, 0.1) is 6.04 Å². The van der Waals surface area contributed by atoms with Crippen LogP contribution in [0.5, 0.6) is 0 Å². The highest BCUT2D eigenvalue weighted by molar-refractivity contribution is 5.85. The molecule has 0 unspecified atom stereocenters. The van der Waals surface area contributed by atoms with E-state index in [9.17, 15) is 4.79 Å². The highest BCUT2D eigenvalue weighted by atomic mass is 35.5. The van der Waals surface area contributed by atoms with Crippen LogP contribution in [0.25, 0.3) is 0 Å². The second-order valence-corrected chi connectivity index (χ2v) is 5.82. The number of nitrogens with zero attached hydrogens (tertiary/aromatic N) is 1. The van der Waals surface area contributed by atoms with Gasteiger partial charge in [0.1, 0.15) is 0 Å². The van der Waals surface area contributed by atoms with E-state index in [2.05, 4.69) is 22.5 Å². The topological polar surface area (TPSA) is 44.4 Å². The third-order valence-corrected chi connectivity index (χ3v) is 4.23. The number of carbonyl (C=O) groups excluding carboxylic acids is 1. The second-order valence-electron chi connectivity index (χ2n) is 5.82. The van der Waals surface area contributed by atoms with E-state index in [0.29, 0.717) is 0 Å². The number of piperidine rings is 2. The number of carbonyl (C=O) groups is 1. The Hall–Kier alpha value is -0.0300. The molecule has 6 heteroatoms. The Morgan fingerprint density at radius 1 is 1.20 bits per heavy atom. The summed E-state index contributed by atoms with van der Waals surface area (Å²) < 4.78 is 0. The first-order valence-corrected chi connectivity index (χ1v) is 7.49. The summed E-state index contributed by atoms with van der Waals surface area (Å²) in [5, 5.41) is 6.36. The van der Waals surface area contributed by atoms with Gasteiger partial charge in [0.2, 0.25) is 5.91 Å². The first kappa shape index (κ1) is 20.0. The van der Waals surface area contributed by atoms with Gasteiger partial charge in [-0.3, -0.25) is 4.79 Å². The van der Waals surface area contributed by atoms with Crippen LogP contribution in [0.3, 0.4) is 0 Å². The highest BCUT2D eigenvalue weighted by Gasteiger charge is 2.20. The highest BCUT2D eigenvalue weighted by Crippen LogP contribution is 2.15. The van der Waals surface area contributed by atoms with Crippen LogP contribution in [0, 0.1) is 5.92 Å². The summed E-state index contributed by atoms with van der Waals surface area (Å²) in [6, 6.07) is 0.0557. The molecule has 2 heterocycles. The van der Waals surface area contributed by atoms with E-state index >= 15 is 0 Å². The molecule has 120 valence electrons. The molecule has 2 fully saturated rings. The maximum Gasteiger partial charge on any atom is 0.237 e. The molecule has 2 rings (SSSR count). The van der Waals surface area contributed by atoms with Crippen LogP contribution in [-0.4, -0.2) is 49.6 Å². The van der Waals surface area contributed by atoms with E-state index in [4.69, 9.17) is 0 Å². The van der Waals surface area contributed by atoms with E-state index in [1.54, 1.807) is 0 Å². The Morgan fingerprint density at radius 2 is 1.90 bits per heavy atom. The average molecular weight is 326 g/mol. The zero-order valence-corrected chi connectivity index (χ0v) is 14.0. The predicted octanol–water partition coefficient (Wildman–Crippen LogP) is 1.82. The Bertz CT molecular complexity index is 265. The number of amides is 1. The van der Waals surface area contributed by atoms with Gasteiger partial charge in [0, 0.05) is 13.1 Å². The summed E-state index contributed by atoms with van der Waals surface area (Å²) in [5.74, 6) is 1.07. The van der Waals surface area contributed by atoms with Crippen molar-refractivity contribution in [1.82, 2.24) is 15.5 Å². The third-order valence-electron chi connectivity index (χ3n) is 4.23. The van der Waals surface area contributed by atoms with Gasteiger partial charge in [-0.1, -0.05) is 13.3 Å². The van der Waals surface area contributed by atoms with Crippen molar-refractivity contribution in [2.75, 3.05) is 32.7 Å². The number of halogens is 2. The zero-order valence-electron chi connectivity index (χ0n) is 12.4. The lowest BCUT2D eigenvalue weighted by molar-refractivity contribution is -0.123. The lowest BCUT2D eigenvalue weighted by atomic mass is 9.99. The maximum absolute atomic E-state index is 11.9. The molecule has 0 bridgehead atoms. The fourth-order valence-corrected chi connectivity index (χ4v) is 2.82. The molecule has 0 aromatic heterocycles. The molecule has 2 N–H and O–H groups in total. The largest absolute Gasteiger partial charge is 0.353 e. The Balaban J connectivity index is 0.00000180. The summed E-state index contributed by atoms with van der Waals surface area (Å²) in [6.07, 6.45) is 5.98. The fraction of sp³-hybridized carbons (Fsp3) is 0.929. The molecule has 1 amide bonds. The van der Waals surface area contributed by atoms with Gasteiger partial charge in [-0.05, 0) is 51.2 Å². The lowest BCUT2D eigenvalue weighted by Crippen LogP contribution is -2.48. The summed E-state index contributed by atoms with van der Waals surface area (Å²) in [6.45, 7) is 7.50. The summed E-state index contributed by atoms with van der Waals surface area (Å²) in [5.41, 5.74) is 0. The van der Waals surface area contributed by atoms with Crippen molar-refractivity contribution in [3.05, 3.63) is 0 Å². The fourth-order valence-electron chi connectivity index (χ4n) is 2.82. The number of hydrogen-bond donors (Lipinski definition) is 2. The van der Waals surface area contributed by atoms with Crippen molar-refractivity contribution in [3.8, 4) is 0 Å². The smallest absolute Gasteiger partial charge is 0.237 e. The lowest BCUT2D eigenvalue weighted by Gasteiger charge is -2.30. The second kappa shape index (κ2) is 10.7. The van der Waals surface area contributed by atoms with Gasteiger partial charge in [-0.2, -0.15) is 0 Å². The molecule has 2 saturated heterocycles. The standard InChI is InChI=1S/C14H27N3O.2ClH/c1-12-5-9-17(10-6-12)11-8-16-14(18)13-4-2-3-7-15-13;;/h12-13,15H,2-11H2,1H3,(H,16,18);2*1H/t13-;;/m0../s1. The van der Waals surface area contributed by atoms with Crippen molar-refractivity contribution in [3.63, 3.8) is 0 Å². The minimum Gasteiger partial charge on any atom is -0.353 e. The number of rotatable bonds is 4. The van der Waals surface area contributed by atoms with Gasteiger partial charge >= 0.3 is 0 Å². The van der Waals surface area contributed by atoms with Crippen molar-refractivity contribution in [2.24, 2.45) is 5.92 Å². The Kier molecular flexibility index (Phi) is 10.6. The Labute approximate surface area is 135 Å². The summed E-state index contributed by atoms with van der Waals surface area (Å²) in [4.78, 5) is 14.4. The summed E-state index contributed by atoms with van der Waals surface area (Å²) in [7, 11) is 0. The molecule has 1 atom stereocenters. The van der Waals surface area contributed by atoms with Crippen molar-refractivity contribution in [1.29, 1.82) is 0 Å². The van der Waals surface area contributed by atoms with Gasteiger partial charge in [0.25, 0.3) is 0 Å². The maximum atomic E-state index is 11.9. The molecule has 2 aliphatic heterocycles. The van der Waals surface area contributed by atoms with Crippen LogP contribution in [0.1, 0.15) is 39.0 Å². The molecule has 4 nitrogen and oxygen atoms in total. The van der Waals surface area contributed by atoms with Crippen LogP contribution < -0.4 is 10.6 Å². The quantitative estimate of drug-likeness (QED) is 0.828.